The maximum absolute atomic E-state index is 13.1. The summed E-state index contributed by atoms with van der Waals surface area (Å²) in [5.41, 5.74) is 3.27. The summed E-state index contributed by atoms with van der Waals surface area (Å²) < 4.78 is 1.99. The van der Waals surface area contributed by atoms with E-state index in [0.29, 0.717) is 18.7 Å². The number of aromatic nitrogens is 3. The van der Waals surface area contributed by atoms with Gasteiger partial charge in [0.1, 0.15) is 5.78 Å². The summed E-state index contributed by atoms with van der Waals surface area (Å²) in [7, 11) is 0. The molecule has 0 saturated heterocycles. The van der Waals surface area contributed by atoms with E-state index in [4.69, 9.17) is 0 Å². The molecule has 3 aliphatic carbocycles. The third kappa shape index (κ3) is 2.81. The number of hydrogen-bond donors (Lipinski definition) is 0. The van der Waals surface area contributed by atoms with Crippen LogP contribution in [0, 0.1) is 11.8 Å². The molecule has 1 aromatic heterocycles. The molecule has 0 aliphatic heterocycles. The van der Waals surface area contributed by atoms with Gasteiger partial charge in [-0.1, -0.05) is 84.2 Å². The number of carbonyl (C=O) groups excluding carboxylic acids is 1. The van der Waals surface area contributed by atoms with Crippen LogP contribution in [0.3, 0.4) is 0 Å². The lowest BCUT2D eigenvalue weighted by Crippen LogP contribution is -2.30. The predicted molar refractivity (Wildman–Crippen MR) is 104 cm³/mol. The lowest BCUT2D eigenvalue weighted by atomic mass is 9.71. The monoisotopic (exact) mass is 355 g/mol. The van der Waals surface area contributed by atoms with Crippen LogP contribution in [-0.4, -0.2) is 20.8 Å². The first kappa shape index (κ1) is 16.2. The summed E-state index contributed by atoms with van der Waals surface area (Å²) in [6.45, 7) is 0.662. The number of fused-ring (bicyclic) bond motifs is 5. The van der Waals surface area contributed by atoms with Crippen molar-refractivity contribution in [2.24, 2.45) is 11.8 Å². The van der Waals surface area contributed by atoms with Crippen LogP contribution < -0.4 is 0 Å². The van der Waals surface area contributed by atoms with Gasteiger partial charge in [-0.2, -0.15) is 0 Å². The van der Waals surface area contributed by atoms with Crippen molar-refractivity contribution >= 4 is 5.78 Å². The zero-order chi connectivity index (χ0) is 18.2. The van der Waals surface area contributed by atoms with Crippen LogP contribution in [0.4, 0.5) is 0 Å². The average Bonchev–Trinajstić information content (AvgIpc) is 3.11. The van der Waals surface area contributed by atoms with Gasteiger partial charge in [0.05, 0.1) is 17.9 Å². The van der Waals surface area contributed by atoms with Crippen molar-refractivity contribution in [1.29, 1.82) is 0 Å². The van der Waals surface area contributed by atoms with E-state index < -0.39 is 0 Å². The minimum atomic E-state index is -0.137. The van der Waals surface area contributed by atoms with E-state index in [1.807, 2.05) is 47.2 Å². The number of allylic oxidation sites excluding steroid dienone is 8. The Bertz CT molecular complexity index is 980. The maximum Gasteiger partial charge on any atom is 0.141 e. The fraction of sp³-hybridized carbons (Fsp3) is 0.261. The normalized spacial score (nSPS) is 28.2. The Kier molecular flexibility index (Phi) is 3.97. The summed E-state index contributed by atoms with van der Waals surface area (Å²) in [6.07, 6.45) is 17.2. The summed E-state index contributed by atoms with van der Waals surface area (Å²) in [5, 5.41) is 9.14. The summed E-state index contributed by atoms with van der Waals surface area (Å²) in [5.74, 6) is 0.425. The van der Waals surface area contributed by atoms with Gasteiger partial charge in [0.2, 0.25) is 0 Å². The van der Waals surface area contributed by atoms with E-state index in [-0.39, 0.29) is 23.7 Å². The van der Waals surface area contributed by atoms with E-state index in [0.717, 1.165) is 11.4 Å². The first-order chi connectivity index (χ1) is 13.3. The van der Waals surface area contributed by atoms with Gasteiger partial charge in [0.25, 0.3) is 0 Å². The first-order valence-corrected chi connectivity index (χ1v) is 9.51. The zero-order valence-corrected chi connectivity index (χ0v) is 15.0. The van der Waals surface area contributed by atoms with Crippen LogP contribution in [0.5, 0.6) is 0 Å². The van der Waals surface area contributed by atoms with E-state index in [1.54, 1.807) is 0 Å². The van der Waals surface area contributed by atoms with Crippen LogP contribution in [0.25, 0.3) is 0 Å². The Hall–Kier alpha value is -3.01. The highest BCUT2D eigenvalue weighted by atomic mass is 16.1. The van der Waals surface area contributed by atoms with E-state index in [1.165, 1.54) is 5.56 Å². The fourth-order valence-corrected chi connectivity index (χ4v) is 4.47. The number of nitrogens with zero attached hydrogens (tertiary/aromatic N) is 3. The third-order valence-corrected chi connectivity index (χ3v) is 5.80. The van der Waals surface area contributed by atoms with Gasteiger partial charge in [-0.3, -0.25) is 4.79 Å². The number of carbonyl (C=O) groups is 1. The van der Waals surface area contributed by atoms with E-state index in [2.05, 4.69) is 46.7 Å². The topological polar surface area (TPSA) is 47.8 Å². The van der Waals surface area contributed by atoms with E-state index >= 15 is 0 Å². The number of benzene rings is 1. The highest BCUT2D eigenvalue weighted by molar-refractivity contribution is 5.85. The Morgan fingerprint density at radius 3 is 2.41 bits per heavy atom. The second kappa shape index (κ2) is 6.62. The predicted octanol–water partition coefficient (Wildman–Crippen LogP) is 3.95. The quantitative estimate of drug-likeness (QED) is 0.819. The largest absolute Gasteiger partial charge is 0.299 e. The molecule has 4 atom stereocenters. The number of Topliss-reactive ketones (excluding diaryl/α,β-unsaturated/α-hetero) is 1. The molecule has 27 heavy (non-hydrogen) atoms. The Morgan fingerprint density at radius 1 is 0.889 bits per heavy atom. The van der Waals surface area contributed by atoms with Crippen molar-refractivity contribution in [1.82, 2.24) is 15.0 Å². The van der Waals surface area contributed by atoms with Gasteiger partial charge in [-0.05, 0) is 11.5 Å². The number of ketones is 1. The summed E-state index contributed by atoms with van der Waals surface area (Å²) in [6, 6.07) is 10.3. The Morgan fingerprint density at radius 2 is 1.59 bits per heavy atom. The maximum atomic E-state index is 13.1. The Balaban J connectivity index is 1.65. The van der Waals surface area contributed by atoms with Crippen LogP contribution in [0.2, 0.25) is 0 Å². The van der Waals surface area contributed by atoms with Crippen molar-refractivity contribution < 1.29 is 4.79 Å². The van der Waals surface area contributed by atoms with Gasteiger partial charge < -0.3 is 0 Å². The summed E-state index contributed by atoms with van der Waals surface area (Å²) in [4.78, 5) is 13.1. The van der Waals surface area contributed by atoms with Crippen molar-refractivity contribution in [3.63, 3.8) is 0 Å². The number of hydrogen-bond acceptors (Lipinski definition) is 3. The van der Waals surface area contributed by atoms with Gasteiger partial charge in [-0.25, -0.2) is 4.68 Å². The van der Waals surface area contributed by atoms with Gasteiger partial charge >= 0.3 is 0 Å². The molecule has 4 nitrogen and oxygen atoms in total. The molecule has 1 heterocycles. The smallest absolute Gasteiger partial charge is 0.141 e. The van der Waals surface area contributed by atoms with Crippen molar-refractivity contribution in [3.8, 4) is 0 Å². The lowest BCUT2D eigenvalue weighted by Gasteiger charge is -2.32. The molecule has 0 bridgehead atoms. The molecule has 0 amide bonds. The molecule has 5 rings (SSSR count). The fourth-order valence-electron chi connectivity index (χ4n) is 4.47. The zero-order valence-electron chi connectivity index (χ0n) is 15.0. The molecule has 4 heteroatoms. The molecular weight excluding hydrogens is 334 g/mol. The molecule has 1 aromatic carbocycles. The highest BCUT2D eigenvalue weighted by Gasteiger charge is 2.39. The molecule has 0 fully saturated rings. The van der Waals surface area contributed by atoms with Crippen molar-refractivity contribution in [3.05, 3.63) is 95.9 Å². The molecule has 2 aromatic rings. The summed E-state index contributed by atoms with van der Waals surface area (Å²) >= 11 is 0. The van der Waals surface area contributed by atoms with E-state index in [9.17, 15) is 4.79 Å². The minimum Gasteiger partial charge on any atom is -0.299 e. The molecule has 0 unspecified atom stereocenters. The molecule has 3 aliphatic rings. The third-order valence-electron chi connectivity index (χ3n) is 5.80. The Labute approximate surface area is 158 Å². The van der Waals surface area contributed by atoms with Crippen LogP contribution >= 0.6 is 0 Å². The van der Waals surface area contributed by atoms with Crippen molar-refractivity contribution in [2.45, 2.75) is 24.8 Å². The van der Waals surface area contributed by atoms with Crippen LogP contribution in [-0.2, 0) is 11.3 Å². The van der Waals surface area contributed by atoms with Gasteiger partial charge in [0.15, 0.2) is 0 Å². The highest BCUT2D eigenvalue weighted by Crippen LogP contribution is 2.43. The van der Waals surface area contributed by atoms with Crippen LogP contribution in [0.15, 0.2) is 78.9 Å². The van der Waals surface area contributed by atoms with Gasteiger partial charge in [0, 0.05) is 24.2 Å². The number of rotatable bonds is 2. The standard InChI is InChI=1S/C23H21N3O/c27-21-14-17-10-4-5-11-18(17)22-23(20-13-7-6-12-19(20)21)26(25-24-22)15-16-8-2-1-3-9-16/h1-13,17-20H,14-15H2/t17-,18-,19-,20+/m0/s1. The molecular formula is C23H21N3O. The van der Waals surface area contributed by atoms with Crippen molar-refractivity contribution in [2.75, 3.05) is 0 Å². The van der Waals surface area contributed by atoms with Crippen LogP contribution in [0.1, 0.15) is 35.2 Å². The van der Waals surface area contributed by atoms with Gasteiger partial charge in [-0.15, -0.1) is 5.10 Å². The first-order valence-electron chi connectivity index (χ1n) is 9.51. The SMILES string of the molecule is O=C1C[C@@H]2C=CC=C[C@@H]2c2nnn(Cc3ccccc3)c2[C@@H]2C=CC=C[C@H]12. The molecule has 0 radical (unpaired) electrons. The molecule has 134 valence electrons. The lowest BCUT2D eigenvalue weighted by molar-refractivity contribution is -0.122. The minimum absolute atomic E-state index is 0.00327. The average molecular weight is 355 g/mol. The second-order valence-electron chi connectivity index (χ2n) is 7.45. The molecule has 0 spiro atoms. The second-order valence-corrected chi connectivity index (χ2v) is 7.45. The molecule has 0 N–H and O–H groups in total. The molecule has 0 saturated carbocycles.